The molecule has 2 N–H and O–H groups in total. The molecule has 7 nitrogen and oxygen atoms in total. The molecule has 1 heterocycles. The van der Waals surface area contributed by atoms with Crippen LogP contribution < -0.4 is 5.32 Å². The van der Waals surface area contributed by atoms with Crippen molar-refractivity contribution < 1.29 is 27.9 Å². The van der Waals surface area contributed by atoms with Gasteiger partial charge in [0.15, 0.2) is 5.69 Å². The zero-order chi connectivity index (χ0) is 13.2. The van der Waals surface area contributed by atoms with E-state index in [9.17, 15) is 22.8 Å². The van der Waals surface area contributed by atoms with Gasteiger partial charge in [-0.3, -0.25) is 4.79 Å². The van der Waals surface area contributed by atoms with Crippen LogP contribution in [0.25, 0.3) is 0 Å². The molecule has 0 aliphatic heterocycles. The summed E-state index contributed by atoms with van der Waals surface area (Å²) < 4.78 is 37.9. The number of halogens is 3. The first-order chi connectivity index (χ1) is 7.77. The second-order valence-electron chi connectivity index (χ2n) is 2.92. The van der Waals surface area contributed by atoms with Gasteiger partial charge in [-0.1, -0.05) is 5.21 Å². The van der Waals surface area contributed by atoms with E-state index < -0.39 is 36.0 Å². The van der Waals surface area contributed by atoms with Gasteiger partial charge in [0.1, 0.15) is 6.54 Å². The standard InChI is InChI=1S/C7H7F3N4O3/c1-11-3(15)2-14-5(7(8,9)10)4(6(16)17)12-13-14/h2H2,1H3,(H,11,15)(H,16,17). The van der Waals surface area contributed by atoms with Gasteiger partial charge in [-0.15, -0.1) is 5.10 Å². The van der Waals surface area contributed by atoms with Crippen LogP contribution in [0, 0.1) is 0 Å². The predicted molar refractivity (Wildman–Crippen MR) is 46.0 cm³/mol. The molecule has 0 unspecified atom stereocenters. The number of carbonyl (C=O) groups is 2. The normalized spacial score (nSPS) is 11.3. The van der Waals surface area contributed by atoms with Gasteiger partial charge in [-0.2, -0.15) is 13.2 Å². The summed E-state index contributed by atoms with van der Waals surface area (Å²) in [6.45, 7) is -0.758. The Morgan fingerprint density at radius 3 is 2.47 bits per heavy atom. The fourth-order valence-electron chi connectivity index (χ4n) is 1.06. The number of aromatic nitrogens is 3. The fraction of sp³-hybridized carbons (Fsp3) is 0.429. The number of alkyl halides is 3. The zero-order valence-corrected chi connectivity index (χ0v) is 8.45. The molecule has 1 rings (SSSR count). The molecular formula is C7H7F3N4O3. The first-order valence-electron chi connectivity index (χ1n) is 4.22. The van der Waals surface area contributed by atoms with Crippen molar-refractivity contribution in [2.24, 2.45) is 0 Å². The number of nitrogens with one attached hydrogen (secondary N) is 1. The number of hydrogen-bond acceptors (Lipinski definition) is 4. The van der Waals surface area contributed by atoms with E-state index in [0.717, 1.165) is 0 Å². The maximum atomic E-state index is 12.6. The number of rotatable bonds is 3. The maximum Gasteiger partial charge on any atom is 0.435 e. The van der Waals surface area contributed by atoms with E-state index in [-0.39, 0.29) is 4.68 Å². The van der Waals surface area contributed by atoms with E-state index in [1.165, 1.54) is 7.05 Å². The quantitative estimate of drug-likeness (QED) is 0.772. The molecule has 10 heteroatoms. The number of aromatic carboxylic acids is 1. The van der Waals surface area contributed by atoms with Gasteiger partial charge in [0, 0.05) is 7.05 Å². The second kappa shape index (κ2) is 4.39. The summed E-state index contributed by atoms with van der Waals surface area (Å²) in [5, 5.41) is 16.5. The Kier molecular flexibility index (Phi) is 3.34. The molecule has 0 spiro atoms. The third kappa shape index (κ3) is 2.71. The molecule has 0 aromatic carbocycles. The molecule has 0 atom stereocenters. The maximum absolute atomic E-state index is 12.6. The number of carboxylic acids is 1. The molecule has 1 aromatic heterocycles. The number of likely N-dealkylation sites (N-methyl/N-ethyl adjacent to an activating group) is 1. The Balaban J connectivity index is 3.23. The van der Waals surface area contributed by atoms with Crippen molar-refractivity contribution in [3.8, 4) is 0 Å². The molecule has 1 amide bonds. The van der Waals surface area contributed by atoms with Crippen molar-refractivity contribution in [3.05, 3.63) is 11.4 Å². The molecule has 0 aliphatic carbocycles. The second-order valence-corrected chi connectivity index (χ2v) is 2.92. The summed E-state index contributed by atoms with van der Waals surface area (Å²) in [7, 11) is 1.23. The fourth-order valence-corrected chi connectivity index (χ4v) is 1.06. The van der Waals surface area contributed by atoms with Crippen LogP contribution in [0.4, 0.5) is 13.2 Å². The van der Waals surface area contributed by atoms with Crippen molar-refractivity contribution >= 4 is 11.9 Å². The Morgan fingerprint density at radius 1 is 1.47 bits per heavy atom. The molecule has 0 saturated carbocycles. The SMILES string of the molecule is CNC(=O)Cn1nnc(C(=O)O)c1C(F)(F)F. The minimum Gasteiger partial charge on any atom is -0.476 e. The van der Waals surface area contributed by atoms with Crippen molar-refractivity contribution in [3.63, 3.8) is 0 Å². The van der Waals surface area contributed by atoms with Gasteiger partial charge < -0.3 is 10.4 Å². The average molecular weight is 252 g/mol. The number of carboxylic acid groups (broad SMARTS) is 1. The molecule has 94 valence electrons. The van der Waals surface area contributed by atoms with Crippen LogP contribution in [0.15, 0.2) is 0 Å². The van der Waals surface area contributed by atoms with E-state index in [4.69, 9.17) is 5.11 Å². The molecule has 0 radical (unpaired) electrons. The van der Waals surface area contributed by atoms with Crippen LogP contribution >= 0.6 is 0 Å². The summed E-state index contributed by atoms with van der Waals surface area (Å²) in [5.74, 6) is -2.61. The van der Waals surface area contributed by atoms with Crippen LogP contribution in [0.2, 0.25) is 0 Å². The Morgan fingerprint density at radius 2 is 2.06 bits per heavy atom. The van der Waals surface area contributed by atoms with Crippen molar-refractivity contribution in [1.29, 1.82) is 0 Å². The van der Waals surface area contributed by atoms with Gasteiger partial charge >= 0.3 is 12.1 Å². The van der Waals surface area contributed by atoms with E-state index in [0.29, 0.717) is 0 Å². The lowest BCUT2D eigenvalue weighted by Crippen LogP contribution is -2.27. The number of nitrogens with zero attached hydrogens (tertiary/aromatic N) is 3. The van der Waals surface area contributed by atoms with Gasteiger partial charge in [0.2, 0.25) is 11.6 Å². The van der Waals surface area contributed by atoms with E-state index in [2.05, 4.69) is 15.6 Å². The largest absolute Gasteiger partial charge is 0.476 e. The van der Waals surface area contributed by atoms with E-state index >= 15 is 0 Å². The first-order valence-corrected chi connectivity index (χ1v) is 4.22. The topological polar surface area (TPSA) is 97.1 Å². The lowest BCUT2D eigenvalue weighted by molar-refractivity contribution is -0.145. The molecule has 0 aliphatic rings. The Bertz CT molecular complexity index is 454. The van der Waals surface area contributed by atoms with Crippen molar-refractivity contribution in [2.75, 3.05) is 7.05 Å². The summed E-state index contributed by atoms with van der Waals surface area (Å²) in [6.07, 6.45) is -4.95. The van der Waals surface area contributed by atoms with E-state index in [1.807, 2.05) is 0 Å². The third-order valence-corrected chi connectivity index (χ3v) is 1.78. The first kappa shape index (κ1) is 12.9. The predicted octanol–water partition coefficient (Wildman–Crippen LogP) is -0.259. The van der Waals surface area contributed by atoms with Crippen LogP contribution in [0.5, 0.6) is 0 Å². The van der Waals surface area contributed by atoms with Gasteiger partial charge in [-0.05, 0) is 0 Å². The number of amides is 1. The number of carbonyl (C=O) groups excluding carboxylic acids is 1. The van der Waals surface area contributed by atoms with Crippen molar-refractivity contribution in [2.45, 2.75) is 12.7 Å². The summed E-state index contributed by atoms with van der Waals surface area (Å²) in [4.78, 5) is 21.4. The highest BCUT2D eigenvalue weighted by Gasteiger charge is 2.41. The molecule has 0 bridgehead atoms. The van der Waals surface area contributed by atoms with Gasteiger partial charge in [0.25, 0.3) is 0 Å². The highest BCUT2D eigenvalue weighted by Crippen LogP contribution is 2.30. The minimum atomic E-state index is -4.95. The van der Waals surface area contributed by atoms with Gasteiger partial charge in [-0.25, -0.2) is 9.48 Å². The third-order valence-electron chi connectivity index (χ3n) is 1.78. The molecule has 17 heavy (non-hydrogen) atoms. The van der Waals surface area contributed by atoms with E-state index in [1.54, 1.807) is 0 Å². The summed E-state index contributed by atoms with van der Waals surface area (Å²) >= 11 is 0. The van der Waals surface area contributed by atoms with Crippen LogP contribution in [-0.4, -0.2) is 39.0 Å². The van der Waals surface area contributed by atoms with Crippen LogP contribution in [0.3, 0.4) is 0 Å². The highest BCUT2D eigenvalue weighted by atomic mass is 19.4. The van der Waals surface area contributed by atoms with Crippen LogP contribution in [-0.2, 0) is 17.5 Å². The smallest absolute Gasteiger partial charge is 0.435 e. The molecule has 0 saturated heterocycles. The lowest BCUT2D eigenvalue weighted by Gasteiger charge is -2.09. The molecule has 0 fully saturated rings. The summed E-state index contributed by atoms with van der Waals surface area (Å²) in [5.41, 5.74) is -2.80. The minimum absolute atomic E-state index is 0.197. The zero-order valence-electron chi connectivity index (χ0n) is 8.45. The number of hydrogen-bond donors (Lipinski definition) is 2. The Hall–Kier alpha value is -2.13. The van der Waals surface area contributed by atoms with Crippen LogP contribution in [0.1, 0.15) is 16.2 Å². The average Bonchev–Trinajstić information content (AvgIpc) is 2.60. The summed E-state index contributed by atoms with van der Waals surface area (Å²) in [6, 6.07) is 0. The molecular weight excluding hydrogens is 245 g/mol. The molecule has 1 aromatic rings. The lowest BCUT2D eigenvalue weighted by atomic mass is 10.3. The van der Waals surface area contributed by atoms with Crippen molar-refractivity contribution in [1.82, 2.24) is 20.3 Å². The monoisotopic (exact) mass is 252 g/mol. The highest BCUT2D eigenvalue weighted by molar-refractivity contribution is 5.86. The van der Waals surface area contributed by atoms with Gasteiger partial charge in [0.05, 0.1) is 0 Å². The Labute approximate surface area is 92.2 Å².